The van der Waals surface area contributed by atoms with E-state index in [4.69, 9.17) is 0 Å². The van der Waals surface area contributed by atoms with Gasteiger partial charge >= 0.3 is 0 Å². The number of halogens is 1. The summed E-state index contributed by atoms with van der Waals surface area (Å²) in [6.07, 6.45) is 3.94. The summed E-state index contributed by atoms with van der Waals surface area (Å²) in [7, 11) is 0. The summed E-state index contributed by atoms with van der Waals surface area (Å²) < 4.78 is 3.33. The summed E-state index contributed by atoms with van der Waals surface area (Å²) in [5.74, 6) is -0.241. The molecule has 4 nitrogen and oxygen atoms in total. The van der Waals surface area contributed by atoms with Crippen LogP contribution in [0.1, 0.15) is 16.7 Å². The second-order valence-electron chi connectivity index (χ2n) is 8.81. The van der Waals surface area contributed by atoms with E-state index in [1.54, 1.807) is 0 Å². The first-order valence-corrected chi connectivity index (χ1v) is 13.5. The summed E-state index contributed by atoms with van der Waals surface area (Å²) in [6, 6.07) is 30.9. The van der Waals surface area contributed by atoms with Gasteiger partial charge in [0, 0.05) is 32.8 Å². The van der Waals surface area contributed by atoms with Crippen LogP contribution in [-0.2, 0) is 17.9 Å². The quantitative estimate of drug-likeness (QED) is 0.154. The molecule has 36 heavy (non-hydrogen) atoms. The number of amides is 2. The highest BCUT2D eigenvalue weighted by molar-refractivity contribution is 14.1. The van der Waals surface area contributed by atoms with E-state index in [9.17, 15) is 9.59 Å². The Kier molecular flexibility index (Phi) is 6.15. The Morgan fingerprint density at radius 3 is 2.33 bits per heavy atom. The fraction of sp³-hybridized carbons (Fsp3) is 0.0667. The number of nitrogens with zero attached hydrogens (tertiary/aromatic N) is 2. The molecule has 1 aliphatic rings. The van der Waals surface area contributed by atoms with Gasteiger partial charge in [-0.2, -0.15) is 0 Å². The van der Waals surface area contributed by atoms with Crippen molar-refractivity contribution in [3.05, 3.63) is 122 Å². The van der Waals surface area contributed by atoms with Gasteiger partial charge in [0.2, 0.25) is 0 Å². The molecule has 0 radical (unpaired) electrons. The number of benzene rings is 4. The van der Waals surface area contributed by atoms with Crippen molar-refractivity contribution in [1.29, 1.82) is 0 Å². The summed E-state index contributed by atoms with van der Waals surface area (Å²) in [5, 5.41) is 3.26. The van der Waals surface area contributed by atoms with Crippen LogP contribution in [0.2, 0.25) is 0 Å². The van der Waals surface area contributed by atoms with E-state index in [0.717, 1.165) is 37.4 Å². The van der Waals surface area contributed by atoms with Gasteiger partial charge in [-0.05, 0) is 86.6 Å². The highest BCUT2D eigenvalue weighted by Crippen LogP contribution is 2.35. The molecule has 0 atom stereocenters. The Morgan fingerprint density at radius 2 is 1.50 bits per heavy atom. The summed E-state index contributed by atoms with van der Waals surface area (Å²) in [4.78, 5) is 27.6. The summed E-state index contributed by atoms with van der Waals surface area (Å²) in [6.45, 7) is 0.996. The van der Waals surface area contributed by atoms with Gasteiger partial charge in [-0.1, -0.05) is 66.7 Å². The van der Waals surface area contributed by atoms with Crippen molar-refractivity contribution in [2.45, 2.75) is 13.1 Å². The fourth-order valence-electron chi connectivity index (χ4n) is 4.60. The van der Waals surface area contributed by atoms with E-state index in [0.29, 0.717) is 11.4 Å². The Morgan fingerprint density at radius 1 is 0.778 bits per heavy atom. The lowest BCUT2D eigenvalue weighted by Gasteiger charge is -2.12. The zero-order valence-corrected chi connectivity index (χ0v) is 22.2. The van der Waals surface area contributed by atoms with Crippen molar-refractivity contribution in [3.63, 3.8) is 0 Å². The molecule has 176 valence electrons. The second-order valence-corrected chi connectivity index (χ2v) is 11.0. The molecule has 6 heteroatoms. The van der Waals surface area contributed by atoms with Crippen LogP contribution in [0.25, 0.3) is 27.8 Å². The third-order valence-corrected chi connectivity index (χ3v) is 8.03. The Labute approximate surface area is 226 Å². The van der Waals surface area contributed by atoms with Gasteiger partial charge in [0.15, 0.2) is 0 Å². The third-order valence-electron chi connectivity index (χ3n) is 6.40. The predicted octanol–water partition coefficient (Wildman–Crippen LogP) is 7.68. The van der Waals surface area contributed by atoms with Crippen molar-refractivity contribution < 1.29 is 9.59 Å². The number of hydrogen-bond donors (Lipinski definition) is 0. The van der Waals surface area contributed by atoms with Crippen LogP contribution in [-0.4, -0.2) is 20.6 Å². The van der Waals surface area contributed by atoms with Crippen molar-refractivity contribution in [2.75, 3.05) is 0 Å². The Bertz CT molecular complexity index is 1670. The summed E-state index contributed by atoms with van der Waals surface area (Å²) in [5.41, 5.74) is 4.17. The van der Waals surface area contributed by atoms with Crippen LogP contribution in [0.5, 0.6) is 0 Å². The highest BCUT2D eigenvalue weighted by atomic mass is 127. The van der Waals surface area contributed by atoms with Crippen LogP contribution in [0.4, 0.5) is 4.79 Å². The van der Waals surface area contributed by atoms with Gasteiger partial charge in [-0.3, -0.25) is 14.5 Å². The maximum absolute atomic E-state index is 13.2. The molecule has 1 fully saturated rings. The smallest absolute Gasteiger partial charge is 0.293 e. The lowest BCUT2D eigenvalue weighted by Crippen LogP contribution is -2.27. The molecule has 0 aliphatic carbocycles. The Hall–Kier alpha value is -3.36. The first-order chi connectivity index (χ1) is 17.5. The highest BCUT2D eigenvalue weighted by Gasteiger charge is 2.35. The molecule has 0 unspecified atom stereocenters. The first kappa shape index (κ1) is 23.1. The van der Waals surface area contributed by atoms with E-state index in [2.05, 4.69) is 88.0 Å². The zero-order valence-electron chi connectivity index (χ0n) is 19.2. The van der Waals surface area contributed by atoms with Crippen molar-refractivity contribution in [1.82, 2.24) is 9.47 Å². The number of imide groups is 1. The molecule has 1 aromatic heterocycles. The molecule has 6 rings (SSSR count). The minimum absolute atomic E-state index is 0.232. The van der Waals surface area contributed by atoms with E-state index in [-0.39, 0.29) is 17.7 Å². The van der Waals surface area contributed by atoms with Gasteiger partial charge < -0.3 is 4.57 Å². The van der Waals surface area contributed by atoms with Crippen LogP contribution in [0.3, 0.4) is 0 Å². The first-order valence-electron chi connectivity index (χ1n) is 11.6. The normalized spacial score (nSPS) is 15.0. The second kappa shape index (κ2) is 9.59. The number of carbonyl (C=O) groups is 2. The molecule has 2 heterocycles. The van der Waals surface area contributed by atoms with Crippen LogP contribution in [0, 0.1) is 3.57 Å². The number of aromatic nitrogens is 1. The van der Waals surface area contributed by atoms with Crippen molar-refractivity contribution in [3.8, 4) is 0 Å². The Balaban J connectivity index is 1.31. The van der Waals surface area contributed by atoms with Crippen LogP contribution in [0.15, 0.2) is 102 Å². The third kappa shape index (κ3) is 4.47. The van der Waals surface area contributed by atoms with Crippen LogP contribution >= 0.6 is 34.4 Å². The zero-order chi connectivity index (χ0) is 24.6. The molecule has 1 aliphatic heterocycles. The molecule has 4 aromatic carbocycles. The SMILES string of the molecule is O=C1S/C(=C\c2cn(Cc3ccc4ccccc4c3)c3ccccc23)C(=O)N1Cc1ccc(I)cc1. The molecule has 2 amide bonds. The minimum atomic E-state index is -0.241. The van der Waals surface area contributed by atoms with Gasteiger partial charge in [-0.15, -0.1) is 0 Å². The van der Waals surface area contributed by atoms with Gasteiger partial charge in [0.25, 0.3) is 11.1 Å². The predicted molar refractivity (Wildman–Crippen MR) is 156 cm³/mol. The average molecular weight is 600 g/mol. The maximum Gasteiger partial charge on any atom is 0.293 e. The minimum Gasteiger partial charge on any atom is -0.342 e. The average Bonchev–Trinajstić information content (AvgIpc) is 3.37. The molecule has 5 aromatic rings. The number of carbonyl (C=O) groups excluding carboxylic acids is 2. The van der Waals surface area contributed by atoms with E-state index in [1.165, 1.54) is 21.2 Å². The number of fused-ring (bicyclic) bond motifs is 2. The van der Waals surface area contributed by atoms with Gasteiger partial charge in [0.1, 0.15) is 0 Å². The number of para-hydroxylation sites is 1. The molecule has 0 N–H and O–H groups in total. The molecule has 0 bridgehead atoms. The number of rotatable bonds is 5. The lowest BCUT2D eigenvalue weighted by atomic mass is 10.1. The number of thioether (sulfide) groups is 1. The number of hydrogen-bond acceptors (Lipinski definition) is 3. The van der Waals surface area contributed by atoms with Gasteiger partial charge in [-0.25, -0.2) is 0 Å². The van der Waals surface area contributed by atoms with Crippen LogP contribution < -0.4 is 0 Å². The molecule has 0 saturated carbocycles. The monoisotopic (exact) mass is 600 g/mol. The van der Waals surface area contributed by atoms with E-state index >= 15 is 0 Å². The molecular weight excluding hydrogens is 579 g/mol. The van der Waals surface area contributed by atoms with E-state index in [1.807, 2.05) is 42.5 Å². The molecule has 1 saturated heterocycles. The maximum atomic E-state index is 13.2. The standard InChI is InChI=1S/C30H21IN2O2S/c31-25-13-10-20(11-14-25)18-33-29(34)28(36-30(33)35)16-24-19-32(27-8-4-3-7-26(24)27)17-21-9-12-22-5-1-2-6-23(22)15-21/h1-16,19H,17-18H2/b28-16-. The topological polar surface area (TPSA) is 42.3 Å². The molecular formula is C30H21IN2O2S. The summed E-state index contributed by atoms with van der Waals surface area (Å²) >= 11 is 3.25. The van der Waals surface area contributed by atoms with E-state index < -0.39 is 0 Å². The van der Waals surface area contributed by atoms with Crippen molar-refractivity contribution >= 4 is 73.3 Å². The lowest BCUT2D eigenvalue weighted by molar-refractivity contribution is -0.123. The molecule has 0 spiro atoms. The van der Waals surface area contributed by atoms with Crippen molar-refractivity contribution in [2.24, 2.45) is 0 Å². The fourth-order valence-corrected chi connectivity index (χ4v) is 5.79. The van der Waals surface area contributed by atoms with Gasteiger partial charge in [0.05, 0.1) is 11.4 Å². The largest absolute Gasteiger partial charge is 0.342 e.